The number of rotatable bonds is 3. The van der Waals surface area contributed by atoms with Crippen LogP contribution in [0.3, 0.4) is 0 Å². The van der Waals surface area contributed by atoms with Crippen molar-refractivity contribution in [3.63, 3.8) is 0 Å². The minimum absolute atomic E-state index is 0.00869. The lowest BCUT2D eigenvalue weighted by atomic mass is 10.3. The van der Waals surface area contributed by atoms with Gasteiger partial charge in [0, 0.05) is 11.8 Å². The first-order valence-corrected chi connectivity index (χ1v) is 5.91. The van der Waals surface area contributed by atoms with E-state index in [4.69, 9.17) is 15.9 Å². The van der Waals surface area contributed by atoms with Crippen LogP contribution in [0.5, 0.6) is 0 Å². The van der Waals surface area contributed by atoms with Gasteiger partial charge in [0.15, 0.2) is 5.58 Å². The van der Waals surface area contributed by atoms with Gasteiger partial charge in [0.25, 0.3) is 5.22 Å². The number of nitrogens with two attached hydrogens (primary N) is 2. The molecule has 0 spiro atoms. The number of aromatic nitrogens is 1. The highest BCUT2D eigenvalue weighted by molar-refractivity contribution is 7.99. The van der Waals surface area contributed by atoms with Crippen molar-refractivity contribution in [2.75, 3.05) is 11.5 Å². The van der Waals surface area contributed by atoms with Crippen LogP contribution in [0.1, 0.15) is 0 Å². The van der Waals surface area contributed by atoms with Gasteiger partial charge < -0.3 is 15.9 Å². The molecule has 7 nitrogen and oxygen atoms in total. The van der Waals surface area contributed by atoms with E-state index < -0.39 is 11.9 Å². The van der Waals surface area contributed by atoms with Crippen LogP contribution >= 0.6 is 11.8 Å². The molecule has 5 N–H and O–H groups in total. The summed E-state index contributed by atoms with van der Waals surface area (Å²) in [6.45, 7) is 0. The number of imide groups is 1. The summed E-state index contributed by atoms with van der Waals surface area (Å²) < 4.78 is 5.38. The van der Waals surface area contributed by atoms with Crippen molar-refractivity contribution in [2.24, 2.45) is 5.73 Å². The second-order valence-electron chi connectivity index (χ2n) is 3.41. The van der Waals surface area contributed by atoms with Gasteiger partial charge in [-0.05, 0) is 12.1 Å². The monoisotopic (exact) mass is 266 g/mol. The molecular formula is C10H10N4O3S. The fourth-order valence-electron chi connectivity index (χ4n) is 1.28. The number of nitrogens with zero attached hydrogens (tertiary/aromatic N) is 1. The van der Waals surface area contributed by atoms with Crippen LogP contribution in [0.15, 0.2) is 27.8 Å². The number of hydrogen-bond donors (Lipinski definition) is 3. The molecule has 0 unspecified atom stereocenters. The first kappa shape index (κ1) is 12.2. The molecule has 1 aromatic carbocycles. The second-order valence-corrected chi connectivity index (χ2v) is 4.33. The number of benzene rings is 1. The lowest BCUT2D eigenvalue weighted by Crippen LogP contribution is -2.36. The van der Waals surface area contributed by atoms with Crippen LogP contribution in [0.4, 0.5) is 10.5 Å². The molecule has 1 heterocycles. The summed E-state index contributed by atoms with van der Waals surface area (Å²) in [6, 6.07) is 4.20. The molecule has 18 heavy (non-hydrogen) atoms. The molecule has 0 fully saturated rings. The van der Waals surface area contributed by atoms with E-state index in [1.54, 1.807) is 18.2 Å². The Morgan fingerprint density at radius 2 is 2.22 bits per heavy atom. The Morgan fingerprint density at radius 3 is 2.94 bits per heavy atom. The summed E-state index contributed by atoms with van der Waals surface area (Å²) in [5.74, 6) is -0.514. The molecule has 0 aliphatic heterocycles. The number of carbonyl (C=O) groups excluding carboxylic acids is 2. The van der Waals surface area contributed by atoms with Crippen molar-refractivity contribution in [1.29, 1.82) is 0 Å². The number of carbonyl (C=O) groups is 2. The summed E-state index contributed by atoms with van der Waals surface area (Å²) in [5, 5.41) is 2.27. The van der Waals surface area contributed by atoms with Crippen LogP contribution < -0.4 is 16.8 Å². The average Bonchev–Trinajstić information content (AvgIpc) is 2.67. The minimum Gasteiger partial charge on any atom is -0.431 e. The summed E-state index contributed by atoms with van der Waals surface area (Å²) in [5.41, 5.74) is 12.2. The number of nitrogen functional groups attached to an aromatic ring is 1. The number of hydrogen-bond acceptors (Lipinski definition) is 6. The van der Waals surface area contributed by atoms with Crippen molar-refractivity contribution in [3.8, 4) is 0 Å². The van der Waals surface area contributed by atoms with Crippen LogP contribution in [0.25, 0.3) is 11.1 Å². The summed E-state index contributed by atoms with van der Waals surface area (Å²) in [7, 11) is 0. The summed E-state index contributed by atoms with van der Waals surface area (Å²) in [4.78, 5) is 25.8. The number of nitrogens with one attached hydrogen (secondary N) is 1. The highest BCUT2D eigenvalue weighted by atomic mass is 32.2. The smallest absolute Gasteiger partial charge is 0.318 e. The third-order valence-electron chi connectivity index (χ3n) is 1.98. The summed E-state index contributed by atoms with van der Waals surface area (Å²) in [6.07, 6.45) is 0. The maximum Gasteiger partial charge on any atom is 0.318 e. The van der Waals surface area contributed by atoms with Crippen molar-refractivity contribution in [2.45, 2.75) is 5.22 Å². The normalized spacial score (nSPS) is 10.4. The zero-order chi connectivity index (χ0) is 13.1. The van der Waals surface area contributed by atoms with Gasteiger partial charge in [0.1, 0.15) is 5.52 Å². The molecule has 8 heteroatoms. The zero-order valence-electron chi connectivity index (χ0n) is 9.17. The minimum atomic E-state index is -0.883. The molecule has 94 valence electrons. The van der Waals surface area contributed by atoms with E-state index in [2.05, 4.69) is 4.98 Å². The number of oxazole rings is 1. The molecule has 0 radical (unpaired) electrons. The Kier molecular flexibility index (Phi) is 3.38. The van der Waals surface area contributed by atoms with Crippen molar-refractivity contribution in [3.05, 3.63) is 18.2 Å². The van der Waals surface area contributed by atoms with Crippen LogP contribution in [0, 0.1) is 0 Å². The molecule has 0 bridgehead atoms. The predicted octanol–water partition coefficient (Wildman–Crippen LogP) is 0.697. The second kappa shape index (κ2) is 4.96. The topological polar surface area (TPSA) is 124 Å². The van der Waals surface area contributed by atoms with Gasteiger partial charge in [-0.3, -0.25) is 10.1 Å². The van der Waals surface area contributed by atoms with Crippen LogP contribution in [-0.2, 0) is 4.79 Å². The lowest BCUT2D eigenvalue weighted by molar-refractivity contribution is -0.117. The third kappa shape index (κ3) is 2.92. The predicted molar refractivity (Wildman–Crippen MR) is 66.9 cm³/mol. The highest BCUT2D eigenvalue weighted by Gasteiger charge is 2.10. The van der Waals surface area contributed by atoms with Gasteiger partial charge in [0.05, 0.1) is 5.75 Å². The van der Waals surface area contributed by atoms with Gasteiger partial charge in [-0.25, -0.2) is 9.78 Å². The quantitative estimate of drug-likeness (QED) is 0.554. The number of fused-ring (bicyclic) bond motifs is 1. The number of urea groups is 1. The molecule has 0 saturated carbocycles. The Balaban J connectivity index is 2.04. The maximum atomic E-state index is 11.2. The molecule has 0 saturated heterocycles. The molecule has 2 rings (SSSR count). The van der Waals surface area contributed by atoms with E-state index in [1.165, 1.54) is 0 Å². The fraction of sp³-hybridized carbons (Fsp3) is 0.100. The average molecular weight is 266 g/mol. The maximum absolute atomic E-state index is 11.2. The highest BCUT2D eigenvalue weighted by Crippen LogP contribution is 2.24. The van der Waals surface area contributed by atoms with E-state index in [-0.39, 0.29) is 5.75 Å². The summed E-state index contributed by atoms with van der Waals surface area (Å²) >= 11 is 1.06. The molecule has 0 aliphatic rings. The Bertz CT molecular complexity index is 610. The number of anilines is 1. The molecule has 3 amide bonds. The third-order valence-corrected chi connectivity index (χ3v) is 2.81. The van der Waals surface area contributed by atoms with E-state index in [9.17, 15) is 9.59 Å². The van der Waals surface area contributed by atoms with E-state index >= 15 is 0 Å². The van der Waals surface area contributed by atoms with Gasteiger partial charge in [-0.1, -0.05) is 11.8 Å². The molecular weight excluding hydrogens is 256 g/mol. The SMILES string of the molecule is NC(=O)NC(=O)CSc1nc2ccc(N)cc2o1. The first-order chi connectivity index (χ1) is 8.54. The van der Waals surface area contributed by atoms with Gasteiger partial charge in [0.2, 0.25) is 5.91 Å². The number of amides is 3. The largest absolute Gasteiger partial charge is 0.431 e. The molecule has 2 aromatic rings. The number of thioether (sulfide) groups is 1. The molecule has 1 aromatic heterocycles. The van der Waals surface area contributed by atoms with Gasteiger partial charge in [-0.2, -0.15) is 0 Å². The van der Waals surface area contributed by atoms with Crippen molar-refractivity contribution < 1.29 is 14.0 Å². The zero-order valence-corrected chi connectivity index (χ0v) is 9.99. The Morgan fingerprint density at radius 1 is 1.44 bits per heavy atom. The molecule has 0 aliphatic carbocycles. The Labute approximate surface area is 106 Å². The van der Waals surface area contributed by atoms with Crippen LogP contribution in [-0.4, -0.2) is 22.7 Å². The standard InChI is InChI=1S/C10H10N4O3S/c11-5-1-2-6-7(3-5)17-10(13-6)18-4-8(15)14-9(12)16/h1-3H,4,11H2,(H3,12,14,15,16). The Hall–Kier alpha value is -2.22. The van der Waals surface area contributed by atoms with E-state index in [1.807, 2.05) is 5.32 Å². The van der Waals surface area contributed by atoms with E-state index in [0.717, 1.165) is 11.8 Å². The lowest BCUT2D eigenvalue weighted by Gasteiger charge is -1.97. The van der Waals surface area contributed by atoms with E-state index in [0.29, 0.717) is 22.0 Å². The molecule has 0 atom stereocenters. The van der Waals surface area contributed by atoms with Crippen molar-refractivity contribution >= 4 is 40.5 Å². The number of primary amides is 1. The van der Waals surface area contributed by atoms with Gasteiger partial charge in [-0.15, -0.1) is 0 Å². The van der Waals surface area contributed by atoms with Crippen molar-refractivity contribution in [1.82, 2.24) is 10.3 Å². The first-order valence-electron chi connectivity index (χ1n) is 4.93. The fourth-order valence-corrected chi connectivity index (χ4v) is 1.92. The van der Waals surface area contributed by atoms with Crippen LogP contribution in [0.2, 0.25) is 0 Å². The van der Waals surface area contributed by atoms with Gasteiger partial charge >= 0.3 is 6.03 Å².